The van der Waals surface area contributed by atoms with E-state index in [1.165, 1.54) is 0 Å². The minimum absolute atomic E-state index is 0.0344. The molecule has 1 aromatic heterocycles. The molecule has 0 spiro atoms. The van der Waals surface area contributed by atoms with E-state index in [9.17, 15) is 4.79 Å². The molecule has 1 atom stereocenters. The summed E-state index contributed by atoms with van der Waals surface area (Å²) in [7, 11) is 0. The van der Waals surface area contributed by atoms with E-state index in [1.807, 2.05) is 23.1 Å². The summed E-state index contributed by atoms with van der Waals surface area (Å²) in [5.74, 6) is 0.208. The van der Waals surface area contributed by atoms with Gasteiger partial charge in [-0.1, -0.05) is 23.5 Å². The number of fused-ring (bicyclic) bond motifs is 1. The van der Waals surface area contributed by atoms with Crippen molar-refractivity contribution in [3.63, 3.8) is 0 Å². The highest BCUT2D eigenvalue weighted by Gasteiger charge is 2.31. The Morgan fingerprint density at radius 2 is 2.04 bits per heavy atom. The largest absolute Gasteiger partial charge is 0.381 e. The monoisotopic (exact) mass is 346 g/mol. The number of hydrogen-bond donors (Lipinski definition) is 0. The van der Waals surface area contributed by atoms with E-state index in [-0.39, 0.29) is 17.9 Å². The van der Waals surface area contributed by atoms with Crippen LogP contribution < -0.4 is 4.90 Å². The number of ether oxygens (including phenoxy) is 2. The highest BCUT2D eigenvalue weighted by atomic mass is 32.1. The Kier molecular flexibility index (Phi) is 4.78. The van der Waals surface area contributed by atoms with Crippen LogP contribution in [0.3, 0.4) is 0 Å². The Balaban J connectivity index is 1.61. The third kappa shape index (κ3) is 3.31. The van der Waals surface area contributed by atoms with Crippen molar-refractivity contribution < 1.29 is 14.3 Å². The Bertz CT molecular complexity index is 672. The van der Waals surface area contributed by atoms with Crippen LogP contribution in [-0.2, 0) is 14.3 Å². The van der Waals surface area contributed by atoms with Gasteiger partial charge in [-0.15, -0.1) is 0 Å². The summed E-state index contributed by atoms with van der Waals surface area (Å²) in [6.45, 7) is 2.74. The molecule has 0 N–H and O–H groups in total. The van der Waals surface area contributed by atoms with Crippen molar-refractivity contribution in [2.75, 3.05) is 31.3 Å². The first kappa shape index (κ1) is 16.0. The lowest BCUT2D eigenvalue weighted by molar-refractivity contribution is -0.125. The van der Waals surface area contributed by atoms with Crippen LogP contribution in [0.5, 0.6) is 0 Å². The van der Waals surface area contributed by atoms with Crippen molar-refractivity contribution in [1.29, 1.82) is 0 Å². The van der Waals surface area contributed by atoms with E-state index in [0.29, 0.717) is 19.8 Å². The molecule has 2 aliphatic rings. The normalized spacial score (nSPS) is 22.1. The maximum absolute atomic E-state index is 13.1. The predicted molar refractivity (Wildman–Crippen MR) is 94.5 cm³/mol. The fourth-order valence-electron chi connectivity index (χ4n) is 3.39. The number of rotatable bonds is 4. The van der Waals surface area contributed by atoms with Crippen molar-refractivity contribution in [3.8, 4) is 0 Å². The number of nitrogens with zero attached hydrogens (tertiary/aromatic N) is 2. The molecule has 2 aliphatic heterocycles. The van der Waals surface area contributed by atoms with Gasteiger partial charge in [0, 0.05) is 25.7 Å². The topological polar surface area (TPSA) is 51.7 Å². The van der Waals surface area contributed by atoms with Crippen molar-refractivity contribution >= 4 is 32.6 Å². The molecule has 4 rings (SSSR count). The van der Waals surface area contributed by atoms with Crippen molar-refractivity contribution in [3.05, 3.63) is 24.3 Å². The lowest BCUT2D eigenvalue weighted by atomic mass is 9.98. The van der Waals surface area contributed by atoms with Crippen molar-refractivity contribution in [2.24, 2.45) is 5.92 Å². The fraction of sp³-hybridized carbons (Fsp3) is 0.556. The fourth-order valence-corrected chi connectivity index (χ4v) is 4.37. The van der Waals surface area contributed by atoms with Crippen LogP contribution in [0.25, 0.3) is 10.2 Å². The summed E-state index contributed by atoms with van der Waals surface area (Å²) >= 11 is 1.59. The molecule has 128 valence electrons. The Hall–Kier alpha value is -1.50. The van der Waals surface area contributed by atoms with Crippen LogP contribution in [0.1, 0.15) is 25.7 Å². The molecule has 3 heterocycles. The molecule has 0 radical (unpaired) electrons. The van der Waals surface area contributed by atoms with Crippen LogP contribution in [0.2, 0.25) is 0 Å². The molecule has 0 bridgehead atoms. The zero-order valence-corrected chi connectivity index (χ0v) is 14.5. The van der Waals surface area contributed by atoms with Crippen LogP contribution >= 0.6 is 11.3 Å². The number of carbonyl (C=O) groups excluding carboxylic acids is 1. The Morgan fingerprint density at radius 3 is 2.79 bits per heavy atom. The van der Waals surface area contributed by atoms with Crippen LogP contribution in [0.4, 0.5) is 5.13 Å². The van der Waals surface area contributed by atoms with Crippen molar-refractivity contribution in [1.82, 2.24) is 4.98 Å². The molecular formula is C18H22N2O3S. The van der Waals surface area contributed by atoms with Gasteiger partial charge in [-0.3, -0.25) is 9.69 Å². The lowest BCUT2D eigenvalue weighted by Gasteiger charge is -2.29. The second-order valence-electron chi connectivity index (χ2n) is 6.43. The van der Waals surface area contributed by atoms with Crippen molar-refractivity contribution in [2.45, 2.75) is 31.8 Å². The molecule has 2 saturated heterocycles. The number of aromatic nitrogens is 1. The van der Waals surface area contributed by atoms with Crippen LogP contribution in [0, 0.1) is 5.92 Å². The number of thiazole rings is 1. The average molecular weight is 346 g/mol. The maximum atomic E-state index is 13.1. The Labute approximate surface area is 145 Å². The second kappa shape index (κ2) is 7.17. The van der Waals surface area contributed by atoms with Gasteiger partial charge < -0.3 is 9.47 Å². The second-order valence-corrected chi connectivity index (χ2v) is 7.44. The molecule has 5 nitrogen and oxygen atoms in total. The van der Waals surface area contributed by atoms with Gasteiger partial charge in [-0.2, -0.15) is 0 Å². The highest BCUT2D eigenvalue weighted by Crippen LogP contribution is 2.31. The molecular weight excluding hydrogens is 324 g/mol. The third-order valence-electron chi connectivity index (χ3n) is 4.76. The molecule has 2 aromatic rings. The first-order valence-corrected chi connectivity index (χ1v) is 9.49. The first-order valence-electron chi connectivity index (χ1n) is 8.67. The van der Waals surface area contributed by atoms with Gasteiger partial charge in [0.2, 0.25) is 5.91 Å². The molecule has 1 amide bonds. The summed E-state index contributed by atoms with van der Waals surface area (Å²) in [6, 6.07) is 8.05. The highest BCUT2D eigenvalue weighted by molar-refractivity contribution is 7.22. The van der Waals surface area contributed by atoms with Gasteiger partial charge in [-0.05, 0) is 37.8 Å². The van der Waals surface area contributed by atoms with E-state index in [4.69, 9.17) is 14.5 Å². The average Bonchev–Trinajstić information content (AvgIpc) is 3.29. The summed E-state index contributed by atoms with van der Waals surface area (Å²) < 4.78 is 12.3. The summed E-state index contributed by atoms with van der Waals surface area (Å²) in [5.41, 5.74) is 0.953. The first-order chi connectivity index (χ1) is 11.8. The zero-order chi connectivity index (χ0) is 16.4. The summed E-state index contributed by atoms with van der Waals surface area (Å²) in [6.07, 6.45) is 3.81. The quantitative estimate of drug-likeness (QED) is 0.853. The lowest BCUT2D eigenvalue weighted by Crippen LogP contribution is -2.42. The van der Waals surface area contributed by atoms with Gasteiger partial charge in [0.05, 0.1) is 22.9 Å². The van der Waals surface area contributed by atoms with Gasteiger partial charge in [0.25, 0.3) is 0 Å². The number of anilines is 1. The van der Waals surface area contributed by atoms with E-state index in [0.717, 1.165) is 47.6 Å². The molecule has 2 fully saturated rings. The van der Waals surface area contributed by atoms with Gasteiger partial charge in [-0.25, -0.2) is 4.98 Å². The number of benzene rings is 1. The number of amides is 1. The molecule has 6 heteroatoms. The van der Waals surface area contributed by atoms with Gasteiger partial charge in [0.15, 0.2) is 5.13 Å². The molecule has 0 unspecified atom stereocenters. The molecule has 1 aromatic carbocycles. The van der Waals surface area contributed by atoms with Gasteiger partial charge in [0.1, 0.15) is 0 Å². The smallest absolute Gasteiger partial charge is 0.232 e. The third-order valence-corrected chi connectivity index (χ3v) is 5.82. The summed E-state index contributed by atoms with van der Waals surface area (Å²) in [5, 5.41) is 0.795. The number of para-hydroxylation sites is 1. The zero-order valence-electron chi connectivity index (χ0n) is 13.6. The maximum Gasteiger partial charge on any atom is 0.232 e. The van der Waals surface area contributed by atoms with E-state index in [1.54, 1.807) is 11.3 Å². The molecule has 0 saturated carbocycles. The minimum atomic E-state index is 0.0344. The predicted octanol–water partition coefficient (Wildman–Crippen LogP) is 3.23. The van der Waals surface area contributed by atoms with E-state index < -0.39 is 0 Å². The van der Waals surface area contributed by atoms with E-state index in [2.05, 4.69) is 6.07 Å². The molecule has 0 aliphatic carbocycles. The Morgan fingerprint density at radius 1 is 1.21 bits per heavy atom. The van der Waals surface area contributed by atoms with E-state index >= 15 is 0 Å². The van der Waals surface area contributed by atoms with Gasteiger partial charge >= 0.3 is 0 Å². The van der Waals surface area contributed by atoms with Crippen LogP contribution in [-0.4, -0.2) is 43.4 Å². The summed E-state index contributed by atoms with van der Waals surface area (Å²) in [4.78, 5) is 19.7. The number of hydrogen-bond acceptors (Lipinski definition) is 5. The molecule has 24 heavy (non-hydrogen) atoms. The SMILES string of the molecule is O=C(C1CCOCC1)N(C[C@@H]1CCCO1)c1nc2ccccc2s1. The number of carbonyl (C=O) groups is 1. The standard InChI is InChI=1S/C18H22N2O3S/c21-17(13-7-10-22-11-8-13)20(12-14-4-3-9-23-14)18-19-15-5-1-2-6-16(15)24-18/h1-2,5-6,13-14H,3-4,7-12H2/t14-/m0/s1. The minimum Gasteiger partial charge on any atom is -0.381 e. The van der Waals surface area contributed by atoms with Crippen LogP contribution in [0.15, 0.2) is 24.3 Å².